The fourth-order valence-electron chi connectivity index (χ4n) is 2.47. The summed E-state index contributed by atoms with van der Waals surface area (Å²) in [6.45, 7) is 6.49. The van der Waals surface area contributed by atoms with Crippen molar-refractivity contribution < 1.29 is 5.11 Å². The van der Waals surface area contributed by atoms with Crippen molar-refractivity contribution in [1.29, 1.82) is 0 Å². The second-order valence-corrected chi connectivity index (χ2v) is 5.64. The maximum absolute atomic E-state index is 10.2. The molecule has 0 bridgehead atoms. The van der Waals surface area contributed by atoms with Gasteiger partial charge in [-0.1, -0.05) is 35.9 Å². The Kier molecular flexibility index (Phi) is 5.17. The third kappa shape index (κ3) is 4.48. The number of aliphatic hydroxyl groups is 1. The SMILES string of the molecule is C=CCCC(NCC(O)c1ccc(C)cc1)C1CC1. The predicted molar refractivity (Wildman–Crippen MR) is 80.1 cm³/mol. The minimum atomic E-state index is -0.411. The summed E-state index contributed by atoms with van der Waals surface area (Å²) in [6.07, 6.45) is 6.41. The smallest absolute Gasteiger partial charge is 0.0914 e. The molecule has 1 aliphatic rings. The van der Waals surface area contributed by atoms with Gasteiger partial charge >= 0.3 is 0 Å². The second kappa shape index (κ2) is 6.88. The largest absolute Gasteiger partial charge is 0.387 e. The number of aliphatic hydroxyl groups excluding tert-OH is 1. The van der Waals surface area contributed by atoms with Crippen molar-refractivity contribution in [3.8, 4) is 0 Å². The van der Waals surface area contributed by atoms with E-state index in [1.54, 1.807) is 0 Å². The number of rotatable bonds is 8. The molecule has 2 heteroatoms. The first-order valence-corrected chi connectivity index (χ1v) is 7.29. The Hall–Kier alpha value is -1.12. The van der Waals surface area contributed by atoms with Crippen LogP contribution in [0.2, 0.25) is 0 Å². The topological polar surface area (TPSA) is 32.3 Å². The van der Waals surface area contributed by atoms with E-state index in [0.717, 1.165) is 24.3 Å². The van der Waals surface area contributed by atoms with Crippen LogP contribution >= 0.6 is 0 Å². The summed E-state index contributed by atoms with van der Waals surface area (Å²) in [7, 11) is 0. The van der Waals surface area contributed by atoms with Crippen molar-refractivity contribution in [3.63, 3.8) is 0 Å². The standard InChI is InChI=1S/C17H25NO/c1-3-4-5-16(14-10-11-14)18-12-17(19)15-8-6-13(2)7-9-15/h3,6-9,14,16-19H,1,4-5,10-12H2,2H3. The van der Waals surface area contributed by atoms with Gasteiger partial charge in [0.1, 0.15) is 0 Å². The molecule has 19 heavy (non-hydrogen) atoms. The van der Waals surface area contributed by atoms with Crippen molar-refractivity contribution in [3.05, 3.63) is 48.0 Å². The summed E-state index contributed by atoms with van der Waals surface area (Å²) < 4.78 is 0. The minimum absolute atomic E-state index is 0.411. The monoisotopic (exact) mass is 259 g/mol. The van der Waals surface area contributed by atoms with Crippen LogP contribution in [-0.2, 0) is 0 Å². The van der Waals surface area contributed by atoms with Gasteiger partial charge in [-0.05, 0) is 44.1 Å². The average molecular weight is 259 g/mol. The van der Waals surface area contributed by atoms with E-state index in [2.05, 4.69) is 31.0 Å². The van der Waals surface area contributed by atoms with Crippen LogP contribution in [0, 0.1) is 12.8 Å². The van der Waals surface area contributed by atoms with E-state index >= 15 is 0 Å². The maximum atomic E-state index is 10.2. The molecule has 0 spiro atoms. The van der Waals surface area contributed by atoms with Gasteiger partial charge in [0.25, 0.3) is 0 Å². The highest BCUT2D eigenvalue weighted by Gasteiger charge is 2.30. The molecule has 0 heterocycles. The lowest BCUT2D eigenvalue weighted by Crippen LogP contribution is -2.34. The molecule has 1 aromatic rings. The number of hydrogen-bond donors (Lipinski definition) is 2. The van der Waals surface area contributed by atoms with Crippen molar-refractivity contribution in [2.75, 3.05) is 6.54 Å². The molecule has 0 radical (unpaired) electrons. The summed E-state index contributed by atoms with van der Waals surface area (Å²) >= 11 is 0. The molecule has 0 aliphatic heterocycles. The van der Waals surface area contributed by atoms with Crippen molar-refractivity contribution in [2.24, 2.45) is 5.92 Å². The summed E-state index contributed by atoms with van der Waals surface area (Å²) in [6, 6.07) is 8.66. The molecule has 2 rings (SSSR count). The van der Waals surface area contributed by atoms with Gasteiger partial charge < -0.3 is 10.4 Å². The molecule has 0 aromatic heterocycles. The quantitative estimate of drug-likeness (QED) is 0.702. The Morgan fingerprint density at radius 3 is 2.63 bits per heavy atom. The van der Waals surface area contributed by atoms with Gasteiger partial charge in [-0.15, -0.1) is 6.58 Å². The molecule has 0 amide bonds. The molecular weight excluding hydrogens is 234 g/mol. The van der Waals surface area contributed by atoms with Crippen LogP contribution in [0.5, 0.6) is 0 Å². The maximum Gasteiger partial charge on any atom is 0.0914 e. The van der Waals surface area contributed by atoms with Gasteiger partial charge in [0, 0.05) is 12.6 Å². The first kappa shape index (κ1) is 14.3. The normalized spacial score (nSPS) is 18.0. The third-order valence-corrected chi connectivity index (χ3v) is 3.91. The van der Waals surface area contributed by atoms with E-state index in [0.29, 0.717) is 12.6 Å². The highest BCUT2D eigenvalue weighted by Crippen LogP contribution is 2.34. The highest BCUT2D eigenvalue weighted by atomic mass is 16.3. The van der Waals surface area contributed by atoms with Gasteiger partial charge in [-0.3, -0.25) is 0 Å². The highest BCUT2D eigenvalue weighted by molar-refractivity contribution is 5.23. The van der Waals surface area contributed by atoms with Gasteiger partial charge in [0.05, 0.1) is 6.10 Å². The first-order valence-electron chi connectivity index (χ1n) is 7.29. The van der Waals surface area contributed by atoms with E-state index in [4.69, 9.17) is 0 Å². The molecule has 2 N–H and O–H groups in total. The Labute approximate surface area is 116 Å². The lowest BCUT2D eigenvalue weighted by Gasteiger charge is -2.20. The van der Waals surface area contributed by atoms with Crippen LogP contribution in [-0.4, -0.2) is 17.7 Å². The Bertz CT molecular complexity index is 394. The summed E-state index contributed by atoms with van der Waals surface area (Å²) in [5.41, 5.74) is 2.22. The summed E-state index contributed by atoms with van der Waals surface area (Å²) in [5, 5.41) is 13.7. The zero-order chi connectivity index (χ0) is 13.7. The molecule has 1 saturated carbocycles. The molecule has 0 saturated heterocycles. The molecule has 104 valence electrons. The second-order valence-electron chi connectivity index (χ2n) is 5.64. The number of hydrogen-bond acceptors (Lipinski definition) is 2. The van der Waals surface area contributed by atoms with Crippen LogP contribution < -0.4 is 5.32 Å². The van der Waals surface area contributed by atoms with Crippen LogP contribution in [0.15, 0.2) is 36.9 Å². The number of benzene rings is 1. The van der Waals surface area contributed by atoms with Crippen LogP contribution in [0.25, 0.3) is 0 Å². The number of nitrogens with one attached hydrogen (secondary N) is 1. The Balaban J connectivity index is 1.82. The van der Waals surface area contributed by atoms with E-state index in [9.17, 15) is 5.11 Å². The number of aryl methyl sites for hydroxylation is 1. The lowest BCUT2D eigenvalue weighted by atomic mass is 10.0. The van der Waals surface area contributed by atoms with E-state index in [1.807, 2.05) is 18.2 Å². The van der Waals surface area contributed by atoms with E-state index < -0.39 is 6.10 Å². The first-order chi connectivity index (χ1) is 9.20. The minimum Gasteiger partial charge on any atom is -0.387 e. The van der Waals surface area contributed by atoms with Crippen LogP contribution in [0.1, 0.15) is 42.9 Å². The summed E-state index contributed by atoms with van der Waals surface area (Å²) in [5.74, 6) is 0.810. The molecule has 1 aromatic carbocycles. The fraction of sp³-hybridized carbons (Fsp3) is 0.529. The van der Waals surface area contributed by atoms with Gasteiger partial charge in [-0.2, -0.15) is 0 Å². The number of allylic oxidation sites excluding steroid dienone is 1. The van der Waals surface area contributed by atoms with Crippen molar-refractivity contribution in [1.82, 2.24) is 5.32 Å². The lowest BCUT2D eigenvalue weighted by molar-refractivity contribution is 0.167. The molecule has 2 nitrogen and oxygen atoms in total. The average Bonchev–Trinajstić information content (AvgIpc) is 3.24. The third-order valence-electron chi connectivity index (χ3n) is 3.91. The Morgan fingerprint density at radius 1 is 1.37 bits per heavy atom. The van der Waals surface area contributed by atoms with E-state index in [1.165, 1.54) is 18.4 Å². The zero-order valence-corrected chi connectivity index (χ0v) is 11.8. The molecule has 1 fully saturated rings. The van der Waals surface area contributed by atoms with Crippen molar-refractivity contribution in [2.45, 2.75) is 44.8 Å². The summed E-state index contributed by atoms with van der Waals surface area (Å²) in [4.78, 5) is 0. The predicted octanol–water partition coefficient (Wildman–Crippen LogP) is 3.36. The van der Waals surface area contributed by atoms with Gasteiger partial charge in [0.2, 0.25) is 0 Å². The molecule has 2 atom stereocenters. The molecular formula is C17H25NO. The van der Waals surface area contributed by atoms with Crippen LogP contribution in [0.3, 0.4) is 0 Å². The van der Waals surface area contributed by atoms with Gasteiger partial charge in [0.15, 0.2) is 0 Å². The molecule has 2 unspecified atom stereocenters. The van der Waals surface area contributed by atoms with Gasteiger partial charge in [-0.25, -0.2) is 0 Å². The fourth-order valence-corrected chi connectivity index (χ4v) is 2.47. The molecule has 1 aliphatic carbocycles. The van der Waals surface area contributed by atoms with Crippen LogP contribution in [0.4, 0.5) is 0 Å². The van der Waals surface area contributed by atoms with Crippen molar-refractivity contribution >= 4 is 0 Å². The Morgan fingerprint density at radius 2 is 2.05 bits per heavy atom. The van der Waals surface area contributed by atoms with E-state index in [-0.39, 0.29) is 0 Å². The zero-order valence-electron chi connectivity index (χ0n) is 11.8.